The summed E-state index contributed by atoms with van der Waals surface area (Å²) in [5.74, 6) is 0.486. The van der Waals surface area contributed by atoms with E-state index in [0.29, 0.717) is 18.0 Å². The van der Waals surface area contributed by atoms with Crippen molar-refractivity contribution in [3.8, 4) is 0 Å². The molecule has 2 heteroatoms. The van der Waals surface area contributed by atoms with E-state index < -0.39 is 0 Å². The zero-order valence-corrected chi connectivity index (χ0v) is 9.05. The molecule has 78 valence electrons. The Hall–Kier alpha value is -1.31. The van der Waals surface area contributed by atoms with Crippen LogP contribution in [0.5, 0.6) is 0 Å². The van der Waals surface area contributed by atoms with Crippen molar-refractivity contribution in [1.82, 2.24) is 5.32 Å². The summed E-state index contributed by atoms with van der Waals surface area (Å²) in [4.78, 5) is 10.1. The van der Waals surface area contributed by atoms with E-state index in [4.69, 9.17) is 0 Å². The van der Waals surface area contributed by atoms with Gasteiger partial charge in [0.2, 0.25) is 6.41 Å². The van der Waals surface area contributed by atoms with Gasteiger partial charge in [0.1, 0.15) is 0 Å². The van der Waals surface area contributed by atoms with Gasteiger partial charge in [-0.3, -0.25) is 4.79 Å². The van der Waals surface area contributed by atoms with Crippen molar-refractivity contribution in [2.75, 3.05) is 0 Å². The number of hydrogen-bond donors (Lipinski definition) is 1. The third-order valence-corrected chi connectivity index (χ3v) is 2.10. The molecule has 0 aromatic heterocycles. The summed E-state index contributed by atoms with van der Waals surface area (Å²) in [5, 5.41) is 2.47. The maximum absolute atomic E-state index is 10.1. The molecular formula is C12H19NO. The Morgan fingerprint density at radius 1 is 1.43 bits per heavy atom. The van der Waals surface area contributed by atoms with Crippen LogP contribution in [0.1, 0.15) is 26.7 Å². The van der Waals surface area contributed by atoms with Crippen LogP contribution in [0.25, 0.3) is 0 Å². The highest BCUT2D eigenvalue weighted by Gasteiger charge is 2.01. The molecule has 0 aromatic rings. The molecular weight excluding hydrogens is 174 g/mol. The number of amides is 1. The van der Waals surface area contributed by atoms with Crippen molar-refractivity contribution < 1.29 is 4.79 Å². The van der Waals surface area contributed by atoms with Gasteiger partial charge in [0.15, 0.2) is 0 Å². The summed E-state index contributed by atoms with van der Waals surface area (Å²) in [5.41, 5.74) is 1.66. The van der Waals surface area contributed by atoms with E-state index in [0.717, 1.165) is 18.4 Å². The lowest BCUT2D eigenvalue weighted by Crippen LogP contribution is -2.06. The molecule has 1 amide bonds. The molecule has 0 saturated carbocycles. The highest BCUT2D eigenvalue weighted by Crippen LogP contribution is 2.15. The lowest BCUT2D eigenvalue weighted by atomic mass is 9.97. The van der Waals surface area contributed by atoms with Gasteiger partial charge in [-0.05, 0) is 18.4 Å². The third kappa shape index (κ3) is 5.36. The van der Waals surface area contributed by atoms with Crippen molar-refractivity contribution in [2.24, 2.45) is 5.92 Å². The topological polar surface area (TPSA) is 29.1 Å². The van der Waals surface area contributed by atoms with Gasteiger partial charge in [-0.15, -0.1) is 0 Å². The first-order chi connectivity index (χ1) is 6.61. The van der Waals surface area contributed by atoms with Crippen LogP contribution >= 0.6 is 0 Å². The van der Waals surface area contributed by atoms with E-state index in [-0.39, 0.29) is 0 Å². The average Bonchev–Trinajstić information content (AvgIpc) is 2.15. The predicted molar refractivity (Wildman–Crippen MR) is 60.7 cm³/mol. The first kappa shape index (κ1) is 12.7. The van der Waals surface area contributed by atoms with Crippen LogP contribution in [0.15, 0.2) is 36.6 Å². The van der Waals surface area contributed by atoms with Crippen molar-refractivity contribution in [3.63, 3.8) is 0 Å². The molecule has 1 N–H and O–H groups in total. The minimum absolute atomic E-state index is 0.486. The second-order valence-electron chi connectivity index (χ2n) is 3.39. The van der Waals surface area contributed by atoms with Crippen LogP contribution in [0.3, 0.4) is 0 Å². The first-order valence-electron chi connectivity index (χ1n) is 4.87. The Bertz CT molecular complexity index is 241. The van der Waals surface area contributed by atoms with Crippen LogP contribution in [-0.2, 0) is 4.79 Å². The molecule has 1 atom stereocenters. The minimum atomic E-state index is 0.486. The maximum Gasteiger partial charge on any atom is 0.211 e. The van der Waals surface area contributed by atoms with E-state index in [1.165, 1.54) is 0 Å². The monoisotopic (exact) mass is 193 g/mol. The highest BCUT2D eigenvalue weighted by atomic mass is 16.1. The summed E-state index contributed by atoms with van der Waals surface area (Å²) in [6.07, 6.45) is 6.57. The molecule has 0 aliphatic rings. The van der Waals surface area contributed by atoms with E-state index in [1.807, 2.05) is 6.08 Å². The Morgan fingerprint density at radius 2 is 2.07 bits per heavy atom. The lowest BCUT2D eigenvalue weighted by Gasteiger charge is -2.09. The smallest absolute Gasteiger partial charge is 0.211 e. The molecule has 0 aliphatic carbocycles. The van der Waals surface area contributed by atoms with Crippen LogP contribution in [0.2, 0.25) is 0 Å². The van der Waals surface area contributed by atoms with Crippen molar-refractivity contribution in [2.45, 2.75) is 26.7 Å². The fourth-order valence-electron chi connectivity index (χ4n) is 1.11. The highest BCUT2D eigenvalue weighted by molar-refractivity contribution is 5.51. The number of rotatable bonds is 7. The van der Waals surface area contributed by atoms with Crippen molar-refractivity contribution in [3.05, 3.63) is 36.6 Å². The van der Waals surface area contributed by atoms with Gasteiger partial charge in [0, 0.05) is 5.70 Å². The standard InChI is InChI=1S/C12H19NO/c1-5-6-10(2)11(3)7-8-12(4)13-9-14/h7-10H,3-6H2,1-2H3,(H,13,14)/b8-7-. The molecule has 0 aliphatic heterocycles. The van der Waals surface area contributed by atoms with Crippen LogP contribution in [-0.4, -0.2) is 6.41 Å². The third-order valence-electron chi connectivity index (χ3n) is 2.10. The molecule has 1 unspecified atom stereocenters. The number of allylic oxidation sites excluding steroid dienone is 3. The number of hydrogen-bond acceptors (Lipinski definition) is 1. The summed E-state index contributed by atoms with van der Waals surface area (Å²) in [6, 6.07) is 0. The van der Waals surface area contributed by atoms with Gasteiger partial charge in [0.25, 0.3) is 0 Å². The minimum Gasteiger partial charge on any atom is -0.329 e. The van der Waals surface area contributed by atoms with E-state index in [2.05, 4.69) is 32.3 Å². The van der Waals surface area contributed by atoms with E-state index >= 15 is 0 Å². The SMILES string of the molecule is C=C(/C=C\C(=C)C(C)CCC)NC=O. The normalized spacial score (nSPS) is 12.4. The molecule has 0 bridgehead atoms. The first-order valence-corrected chi connectivity index (χ1v) is 4.87. The fourth-order valence-corrected chi connectivity index (χ4v) is 1.11. The van der Waals surface area contributed by atoms with Gasteiger partial charge < -0.3 is 5.32 Å². The van der Waals surface area contributed by atoms with E-state index in [1.54, 1.807) is 6.08 Å². The second kappa shape index (κ2) is 7.13. The predicted octanol–water partition coefficient (Wildman–Crippen LogP) is 2.79. The molecule has 0 radical (unpaired) electrons. The summed E-state index contributed by atoms with van der Waals surface area (Å²) >= 11 is 0. The fraction of sp³-hybridized carbons (Fsp3) is 0.417. The Morgan fingerprint density at radius 3 is 2.57 bits per heavy atom. The molecule has 0 saturated heterocycles. The van der Waals surface area contributed by atoms with Gasteiger partial charge in [-0.1, -0.05) is 45.1 Å². The molecule has 2 nitrogen and oxygen atoms in total. The number of nitrogens with one attached hydrogen (secondary N) is 1. The Labute approximate surface area is 86.4 Å². The van der Waals surface area contributed by atoms with Gasteiger partial charge in [-0.2, -0.15) is 0 Å². The van der Waals surface area contributed by atoms with E-state index in [9.17, 15) is 4.79 Å². The maximum atomic E-state index is 10.1. The Kier molecular flexibility index (Phi) is 6.46. The van der Waals surface area contributed by atoms with Crippen molar-refractivity contribution in [1.29, 1.82) is 0 Å². The van der Waals surface area contributed by atoms with Crippen LogP contribution in [0, 0.1) is 5.92 Å². The van der Waals surface area contributed by atoms with Crippen LogP contribution < -0.4 is 5.32 Å². The van der Waals surface area contributed by atoms with Gasteiger partial charge in [0.05, 0.1) is 0 Å². The molecule has 0 heterocycles. The molecule has 14 heavy (non-hydrogen) atoms. The average molecular weight is 193 g/mol. The molecule has 0 aromatic carbocycles. The summed E-state index contributed by atoms with van der Waals surface area (Å²) in [6.45, 7) is 11.9. The van der Waals surface area contributed by atoms with Gasteiger partial charge in [-0.25, -0.2) is 0 Å². The largest absolute Gasteiger partial charge is 0.329 e. The van der Waals surface area contributed by atoms with Crippen molar-refractivity contribution >= 4 is 6.41 Å². The summed E-state index contributed by atoms with van der Waals surface area (Å²) < 4.78 is 0. The van der Waals surface area contributed by atoms with Gasteiger partial charge >= 0.3 is 0 Å². The van der Waals surface area contributed by atoms with Crippen LogP contribution in [0.4, 0.5) is 0 Å². The second-order valence-corrected chi connectivity index (χ2v) is 3.39. The zero-order chi connectivity index (χ0) is 11.0. The molecule has 0 fully saturated rings. The molecule has 0 spiro atoms. The lowest BCUT2D eigenvalue weighted by molar-refractivity contribution is -0.108. The molecule has 0 rings (SSSR count). The summed E-state index contributed by atoms with van der Waals surface area (Å²) in [7, 11) is 0. The Balaban J connectivity index is 4.03. The quantitative estimate of drug-likeness (QED) is 0.489. The number of carbonyl (C=O) groups is 1. The zero-order valence-electron chi connectivity index (χ0n) is 9.05. The number of carbonyl (C=O) groups excluding carboxylic acids is 1.